The van der Waals surface area contributed by atoms with Crippen molar-refractivity contribution in [2.24, 2.45) is 4.99 Å². The first-order valence-corrected chi connectivity index (χ1v) is 11.2. The highest BCUT2D eigenvalue weighted by Crippen LogP contribution is 2.28. The second-order valence-electron chi connectivity index (χ2n) is 7.57. The van der Waals surface area contributed by atoms with E-state index < -0.39 is 0 Å². The van der Waals surface area contributed by atoms with E-state index in [9.17, 15) is 9.50 Å². The lowest BCUT2D eigenvalue weighted by molar-refractivity contribution is -0.693. The number of halogens is 2. The standard InChI is InChI=1S/C24H21FN4O2S.ClH/c1-31-19-10-6-17(7-11-19)21-13-28(23-3-2-12-29(21)23)14-22(30)27-24-26-20(15-32-24)16-4-8-18(25)9-5-16;/h4-11,13,15H,2-3,12,14H2,1H3;1H. The van der Waals surface area contributed by atoms with Crippen LogP contribution in [0.3, 0.4) is 0 Å². The lowest BCUT2D eigenvalue weighted by Gasteiger charge is -2.07. The molecule has 0 bridgehead atoms. The first-order chi connectivity index (χ1) is 15.6. The van der Waals surface area contributed by atoms with E-state index in [1.165, 1.54) is 23.5 Å². The summed E-state index contributed by atoms with van der Waals surface area (Å²) in [6.07, 6.45) is 4.00. The summed E-state index contributed by atoms with van der Waals surface area (Å²) in [4.78, 5) is 8.61. The van der Waals surface area contributed by atoms with Gasteiger partial charge in [0.05, 0.1) is 25.8 Å². The smallest absolute Gasteiger partial charge is 0.257 e. The van der Waals surface area contributed by atoms with Gasteiger partial charge in [0.1, 0.15) is 24.3 Å². The molecule has 0 aliphatic carbocycles. The Hall–Kier alpha value is -3.23. The number of hydrogen-bond acceptors (Lipinski definition) is 5. The maximum Gasteiger partial charge on any atom is 0.257 e. The summed E-state index contributed by atoms with van der Waals surface area (Å²) >= 11 is 1.30. The Morgan fingerprint density at radius 3 is 2.64 bits per heavy atom. The van der Waals surface area contributed by atoms with Gasteiger partial charge in [-0.25, -0.2) is 23.5 Å². The van der Waals surface area contributed by atoms with Gasteiger partial charge in [-0.1, -0.05) is 0 Å². The first kappa shape index (κ1) is 22.9. The molecule has 2 aromatic heterocycles. The Morgan fingerprint density at radius 2 is 1.91 bits per heavy atom. The van der Waals surface area contributed by atoms with Crippen molar-refractivity contribution in [2.75, 3.05) is 7.11 Å². The molecule has 1 aliphatic heterocycles. The molecule has 0 fully saturated rings. The molecule has 1 aliphatic rings. The molecule has 3 heterocycles. The molecular weight excluding hydrogens is 463 g/mol. The molecule has 0 saturated heterocycles. The largest absolute Gasteiger partial charge is 0.859 e. The van der Waals surface area contributed by atoms with Crippen molar-refractivity contribution in [3.8, 4) is 28.3 Å². The van der Waals surface area contributed by atoms with Crippen LogP contribution in [0.5, 0.6) is 5.75 Å². The number of aliphatic imine (C=N–C) groups is 1. The van der Waals surface area contributed by atoms with Crippen LogP contribution in [0.2, 0.25) is 0 Å². The van der Waals surface area contributed by atoms with Gasteiger partial charge < -0.3 is 9.84 Å². The molecule has 33 heavy (non-hydrogen) atoms. The Kier molecular flexibility index (Phi) is 6.76. The fourth-order valence-electron chi connectivity index (χ4n) is 3.99. The second kappa shape index (κ2) is 9.72. The minimum absolute atomic E-state index is 0. The quantitative estimate of drug-likeness (QED) is 0.234. The number of methoxy groups -OCH3 is 1. The fraction of sp³-hybridized carbons (Fsp3) is 0.208. The molecule has 5 rings (SSSR count). The minimum atomic E-state index is -0.296. The Labute approximate surface area is 201 Å². The maximum atomic E-state index is 13.1. The molecule has 2 aromatic carbocycles. The Morgan fingerprint density at radius 1 is 1.18 bits per heavy atom. The molecule has 0 unspecified atom stereocenters. The average Bonchev–Trinajstić information content (AvgIpc) is 3.53. The predicted octanol–water partition coefficient (Wildman–Crippen LogP) is 4.17. The van der Waals surface area contributed by atoms with Crippen molar-refractivity contribution < 1.29 is 18.8 Å². The normalized spacial score (nSPS) is 13.0. The van der Waals surface area contributed by atoms with Crippen molar-refractivity contribution in [3.05, 3.63) is 71.7 Å². The summed E-state index contributed by atoms with van der Waals surface area (Å²) in [6, 6.07) is 14.1. The number of imidazole rings is 1. The van der Waals surface area contributed by atoms with Gasteiger partial charge >= 0.3 is 0 Å². The van der Waals surface area contributed by atoms with Crippen molar-refractivity contribution in [2.45, 2.75) is 25.9 Å². The third-order valence-corrected chi connectivity index (χ3v) is 6.27. The summed E-state index contributed by atoms with van der Waals surface area (Å²) in [5.41, 5.74) is 3.64. The number of benzene rings is 2. The lowest BCUT2D eigenvalue weighted by atomic mass is 10.1. The summed E-state index contributed by atoms with van der Waals surface area (Å²) < 4.78 is 22.7. The van der Waals surface area contributed by atoms with Gasteiger partial charge in [-0.05, 0) is 55.0 Å². The van der Waals surface area contributed by atoms with E-state index in [0.717, 1.165) is 47.8 Å². The molecular formula is C24H22ClFN4O2S. The first-order valence-electron chi connectivity index (χ1n) is 10.3. The van der Waals surface area contributed by atoms with Crippen LogP contribution in [0.15, 0.2) is 65.1 Å². The van der Waals surface area contributed by atoms with E-state index >= 15 is 0 Å². The van der Waals surface area contributed by atoms with Crippen molar-refractivity contribution in [1.29, 1.82) is 0 Å². The molecule has 0 saturated carbocycles. The van der Waals surface area contributed by atoms with E-state index in [1.54, 1.807) is 19.2 Å². The zero-order valence-corrected chi connectivity index (χ0v) is 19.5. The van der Waals surface area contributed by atoms with Crippen LogP contribution in [0.25, 0.3) is 22.5 Å². The van der Waals surface area contributed by atoms with Crippen LogP contribution in [0.4, 0.5) is 9.52 Å². The average molecular weight is 485 g/mol. The third kappa shape index (κ3) is 4.77. The molecule has 6 nitrogen and oxygen atoms in total. The highest BCUT2D eigenvalue weighted by Gasteiger charge is 2.28. The molecule has 0 spiro atoms. The van der Waals surface area contributed by atoms with Gasteiger partial charge in [0, 0.05) is 22.4 Å². The van der Waals surface area contributed by atoms with Crippen LogP contribution < -0.4 is 14.4 Å². The number of fused-ring (bicyclic) bond motifs is 1. The number of rotatable bonds is 6. The van der Waals surface area contributed by atoms with E-state index in [-0.39, 0.29) is 30.7 Å². The highest BCUT2D eigenvalue weighted by molar-refractivity contribution is 7.13. The van der Waals surface area contributed by atoms with Crippen LogP contribution in [0, 0.1) is 5.82 Å². The number of nitrogens with zero attached hydrogens (tertiary/aromatic N) is 4. The number of ether oxygens (including phenoxy) is 1. The van der Waals surface area contributed by atoms with Crippen molar-refractivity contribution in [1.82, 2.24) is 9.55 Å². The van der Waals surface area contributed by atoms with E-state index in [0.29, 0.717) is 10.8 Å². The second-order valence-corrected chi connectivity index (χ2v) is 8.41. The van der Waals surface area contributed by atoms with E-state index in [1.807, 2.05) is 40.4 Å². The van der Waals surface area contributed by atoms with Gasteiger partial charge in [0.25, 0.3) is 5.82 Å². The summed E-state index contributed by atoms with van der Waals surface area (Å²) in [5.74, 6) is 1.39. The minimum Gasteiger partial charge on any atom is -0.859 e. The zero-order chi connectivity index (χ0) is 22.1. The Bertz CT molecular complexity index is 1280. The van der Waals surface area contributed by atoms with Crippen molar-refractivity contribution in [3.63, 3.8) is 0 Å². The molecule has 0 N–H and O–H groups in total. The molecule has 0 atom stereocenters. The van der Waals surface area contributed by atoms with Crippen molar-refractivity contribution >= 4 is 34.8 Å². The van der Waals surface area contributed by atoms with Crippen LogP contribution in [0.1, 0.15) is 12.2 Å². The highest BCUT2D eigenvalue weighted by atomic mass is 35.5. The SMILES string of the molecule is COc1ccc(-c2c[n+](CC([O-])=Nc3nc(-c4ccc(F)cc4)cs3)c3n2CCC3)cc1.Cl. The van der Waals surface area contributed by atoms with Crippen LogP contribution in [-0.2, 0) is 19.5 Å². The third-order valence-electron chi connectivity index (χ3n) is 5.54. The zero-order valence-electron chi connectivity index (χ0n) is 17.9. The number of aromatic nitrogens is 3. The van der Waals surface area contributed by atoms with E-state index in [4.69, 9.17) is 4.74 Å². The number of thiazole rings is 1. The van der Waals surface area contributed by atoms with Crippen LogP contribution in [-0.4, -0.2) is 22.6 Å². The maximum absolute atomic E-state index is 13.1. The Balaban J connectivity index is 0.00000259. The van der Waals surface area contributed by atoms with Gasteiger partial charge in [0.2, 0.25) is 5.13 Å². The molecule has 4 aromatic rings. The molecule has 9 heteroatoms. The predicted molar refractivity (Wildman–Crippen MR) is 127 cm³/mol. The monoisotopic (exact) mass is 484 g/mol. The van der Waals surface area contributed by atoms with Gasteiger partial charge in [0.15, 0.2) is 5.69 Å². The van der Waals surface area contributed by atoms with Gasteiger partial charge in [-0.15, -0.1) is 23.7 Å². The molecule has 0 radical (unpaired) electrons. The summed E-state index contributed by atoms with van der Waals surface area (Å²) in [5, 5.41) is 14.9. The molecule has 0 amide bonds. The fourth-order valence-corrected chi connectivity index (χ4v) is 4.71. The lowest BCUT2D eigenvalue weighted by Crippen LogP contribution is -2.43. The summed E-state index contributed by atoms with van der Waals surface area (Å²) in [7, 11) is 1.65. The van der Waals surface area contributed by atoms with E-state index in [2.05, 4.69) is 14.5 Å². The van der Waals surface area contributed by atoms with Gasteiger partial charge in [-0.2, -0.15) is 0 Å². The van der Waals surface area contributed by atoms with Gasteiger partial charge in [-0.3, -0.25) is 0 Å². The summed E-state index contributed by atoms with van der Waals surface area (Å²) in [6.45, 7) is 1.10. The topological polar surface area (TPSA) is 66.3 Å². The van der Waals surface area contributed by atoms with Crippen LogP contribution >= 0.6 is 23.7 Å². The number of hydrogen-bond donors (Lipinski definition) is 0. The molecule has 170 valence electrons.